The fraction of sp³-hybridized carbons (Fsp3) is 0.391. The van der Waals surface area contributed by atoms with E-state index in [1.165, 1.54) is 19.1 Å². The second-order valence-corrected chi connectivity index (χ2v) is 8.32. The van der Waals surface area contributed by atoms with Crippen LogP contribution in [-0.4, -0.2) is 67.7 Å². The van der Waals surface area contributed by atoms with Crippen LogP contribution in [0.15, 0.2) is 42.5 Å². The minimum Gasteiger partial charge on any atom is -0.489 e. The van der Waals surface area contributed by atoms with Gasteiger partial charge in [-0.05, 0) is 29.8 Å². The van der Waals surface area contributed by atoms with E-state index in [0.717, 1.165) is 5.56 Å². The first-order valence-electron chi connectivity index (χ1n) is 10.2. The quantitative estimate of drug-likeness (QED) is 0.537. The van der Waals surface area contributed by atoms with Gasteiger partial charge in [0.25, 0.3) is 5.91 Å². The summed E-state index contributed by atoms with van der Waals surface area (Å²) >= 11 is 12.3. The number of methoxy groups -OCH3 is 1. The zero-order valence-corrected chi connectivity index (χ0v) is 19.7. The molecule has 0 aliphatic carbocycles. The van der Waals surface area contributed by atoms with Crippen molar-refractivity contribution in [3.8, 4) is 5.75 Å². The van der Waals surface area contributed by atoms with E-state index in [1.54, 1.807) is 42.5 Å². The normalized spacial score (nSPS) is 18.7. The number of carboxylic acids is 1. The van der Waals surface area contributed by atoms with Crippen molar-refractivity contribution >= 4 is 35.1 Å². The van der Waals surface area contributed by atoms with Crippen molar-refractivity contribution in [1.82, 2.24) is 4.90 Å². The van der Waals surface area contributed by atoms with E-state index in [9.17, 15) is 14.7 Å². The topological polar surface area (TPSA) is 94.5 Å². The molecule has 33 heavy (non-hydrogen) atoms. The highest BCUT2D eigenvalue weighted by Gasteiger charge is 2.40. The Morgan fingerprint density at radius 2 is 1.82 bits per heavy atom. The molecule has 0 spiro atoms. The van der Waals surface area contributed by atoms with Crippen LogP contribution < -0.4 is 4.74 Å². The molecular weight excluding hydrogens is 473 g/mol. The van der Waals surface area contributed by atoms with Crippen molar-refractivity contribution in [2.24, 2.45) is 0 Å². The molecule has 8 nitrogen and oxygen atoms in total. The molecule has 2 aromatic carbocycles. The number of hydrogen-bond acceptors (Lipinski definition) is 6. The van der Waals surface area contributed by atoms with E-state index in [-0.39, 0.29) is 26.4 Å². The number of nitrogens with zero attached hydrogens (tertiary/aromatic N) is 1. The van der Waals surface area contributed by atoms with Crippen LogP contribution in [0.4, 0.5) is 0 Å². The molecule has 1 aliphatic heterocycles. The smallest absolute Gasteiger partial charge is 0.326 e. The largest absolute Gasteiger partial charge is 0.489 e. The van der Waals surface area contributed by atoms with Crippen molar-refractivity contribution in [3.63, 3.8) is 0 Å². The predicted octanol–water partition coefficient (Wildman–Crippen LogP) is 3.41. The van der Waals surface area contributed by atoms with Gasteiger partial charge in [0.05, 0.1) is 6.61 Å². The third kappa shape index (κ3) is 6.37. The molecule has 1 saturated heterocycles. The number of ether oxygens (including phenoxy) is 4. The predicted molar refractivity (Wildman–Crippen MR) is 122 cm³/mol. The molecule has 178 valence electrons. The maximum Gasteiger partial charge on any atom is 0.326 e. The van der Waals surface area contributed by atoms with Crippen LogP contribution in [0.1, 0.15) is 11.1 Å². The Hall–Kier alpha value is -2.36. The molecule has 1 amide bonds. The summed E-state index contributed by atoms with van der Waals surface area (Å²) in [7, 11) is 2.93. The van der Waals surface area contributed by atoms with Crippen LogP contribution >= 0.6 is 23.2 Å². The molecule has 0 radical (unpaired) electrons. The SMILES string of the molecule is COC[C@H]1OCO[C@H]1C(=O)N(C)C(Cc1ccc(OCc2c(Cl)cccc2Cl)cc1)C(=O)O. The number of likely N-dealkylation sites (N-methyl/N-ethyl adjacent to an activating group) is 1. The number of aliphatic carboxylic acids is 1. The lowest BCUT2D eigenvalue weighted by atomic mass is 10.0. The summed E-state index contributed by atoms with van der Waals surface area (Å²) < 4.78 is 21.5. The number of carboxylic acid groups (broad SMARTS) is 1. The van der Waals surface area contributed by atoms with E-state index in [0.29, 0.717) is 21.4 Å². The van der Waals surface area contributed by atoms with Crippen LogP contribution in [0.3, 0.4) is 0 Å². The van der Waals surface area contributed by atoms with Gasteiger partial charge in [-0.1, -0.05) is 41.4 Å². The van der Waals surface area contributed by atoms with Gasteiger partial charge in [0.15, 0.2) is 6.10 Å². The monoisotopic (exact) mass is 497 g/mol. The van der Waals surface area contributed by atoms with Crippen LogP contribution in [0, 0.1) is 0 Å². The molecule has 0 bridgehead atoms. The number of carbonyl (C=O) groups excluding carboxylic acids is 1. The summed E-state index contributed by atoms with van der Waals surface area (Å²) in [6, 6.07) is 11.1. The molecule has 1 aliphatic rings. The second kappa shape index (κ2) is 11.7. The van der Waals surface area contributed by atoms with E-state index in [1.807, 2.05) is 0 Å². The molecule has 1 fully saturated rings. The van der Waals surface area contributed by atoms with E-state index in [2.05, 4.69) is 0 Å². The maximum atomic E-state index is 12.9. The Labute approximate surface area is 201 Å². The first-order valence-corrected chi connectivity index (χ1v) is 10.9. The van der Waals surface area contributed by atoms with Gasteiger partial charge in [0.2, 0.25) is 0 Å². The van der Waals surface area contributed by atoms with Crippen LogP contribution in [0.25, 0.3) is 0 Å². The lowest BCUT2D eigenvalue weighted by Crippen LogP contribution is -2.50. The fourth-order valence-corrected chi connectivity index (χ4v) is 3.95. The first-order chi connectivity index (χ1) is 15.8. The number of hydrogen-bond donors (Lipinski definition) is 1. The average Bonchev–Trinajstić information content (AvgIpc) is 3.25. The van der Waals surface area contributed by atoms with Crippen molar-refractivity contribution < 1.29 is 33.6 Å². The molecule has 1 N–H and O–H groups in total. The number of amides is 1. The number of halogens is 2. The van der Waals surface area contributed by atoms with Gasteiger partial charge in [-0.2, -0.15) is 0 Å². The highest BCUT2D eigenvalue weighted by molar-refractivity contribution is 6.35. The number of carbonyl (C=O) groups is 2. The molecule has 3 rings (SSSR count). The van der Waals surface area contributed by atoms with Crippen molar-refractivity contribution in [2.45, 2.75) is 31.3 Å². The van der Waals surface area contributed by atoms with E-state index in [4.69, 9.17) is 42.1 Å². The molecule has 0 aromatic heterocycles. The lowest BCUT2D eigenvalue weighted by molar-refractivity contribution is -0.153. The highest BCUT2D eigenvalue weighted by atomic mass is 35.5. The summed E-state index contributed by atoms with van der Waals surface area (Å²) in [4.78, 5) is 26.0. The Bertz CT molecular complexity index is 950. The minimum absolute atomic E-state index is 0.0448. The van der Waals surface area contributed by atoms with Crippen molar-refractivity contribution in [3.05, 3.63) is 63.6 Å². The zero-order chi connectivity index (χ0) is 24.0. The molecule has 10 heteroatoms. The van der Waals surface area contributed by atoms with Gasteiger partial charge in [0.1, 0.15) is 31.3 Å². The van der Waals surface area contributed by atoms with E-state index < -0.39 is 30.1 Å². The molecule has 3 atom stereocenters. The maximum absolute atomic E-state index is 12.9. The Kier molecular flexibility index (Phi) is 8.94. The third-order valence-corrected chi connectivity index (χ3v) is 6.05. The molecule has 1 unspecified atom stereocenters. The van der Waals surface area contributed by atoms with Crippen LogP contribution in [0.5, 0.6) is 5.75 Å². The fourth-order valence-electron chi connectivity index (χ4n) is 3.44. The lowest BCUT2D eigenvalue weighted by Gasteiger charge is -2.28. The van der Waals surface area contributed by atoms with Gasteiger partial charge in [-0.25, -0.2) is 4.79 Å². The van der Waals surface area contributed by atoms with Gasteiger partial charge in [0, 0.05) is 36.2 Å². The van der Waals surface area contributed by atoms with Crippen molar-refractivity contribution in [1.29, 1.82) is 0 Å². The first kappa shape index (κ1) is 25.3. The minimum atomic E-state index is -1.12. The Balaban J connectivity index is 1.63. The summed E-state index contributed by atoms with van der Waals surface area (Å²) in [5, 5.41) is 10.8. The molecular formula is C23H25Cl2NO7. The van der Waals surface area contributed by atoms with Crippen LogP contribution in [0.2, 0.25) is 10.0 Å². The van der Waals surface area contributed by atoms with E-state index >= 15 is 0 Å². The Morgan fingerprint density at radius 3 is 2.42 bits per heavy atom. The highest BCUT2D eigenvalue weighted by Crippen LogP contribution is 2.26. The van der Waals surface area contributed by atoms with Gasteiger partial charge in [-0.3, -0.25) is 4.79 Å². The third-order valence-electron chi connectivity index (χ3n) is 5.34. The van der Waals surface area contributed by atoms with Crippen molar-refractivity contribution in [2.75, 3.05) is 27.6 Å². The molecule has 0 saturated carbocycles. The van der Waals surface area contributed by atoms with Crippen LogP contribution in [-0.2, 0) is 36.8 Å². The van der Waals surface area contributed by atoms with Gasteiger partial charge >= 0.3 is 5.97 Å². The average molecular weight is 498 g/mol. The summed E-state index contributed by atoms with van der Waals surface area (Å²) in [6.07, 6.45) is -1.39. The standard InChI is InChI=1S/C23H25Cl2NO7/c1-26(22(27)21-20(12-30-2)32-13-33-21)19(23(28)29)10-14-6-8-15(9-7-14)31-11-16-17(24)4-3-5-18(16)25/h3-9,19-21H,10-13H2,1-2H3,(H,28,29)/t19?,20-,21-/m1/s1. The summed E-state index contributed by atoms with van der Waals surface area (Å²) in [6.45, 7) is 0.318. The number of rotatable bonds is 10. The molecule has 2 aromatic rings. The Morgan fingerprint density at radius 1 is 1.15 bits per heavy atom. The second-order valence-electron chi connectivity index (χ2n) is 7.51. The molecule has 1 heterocycles. The van der Waals surface area contributed by atoms with Gasteiger partial charge in [-0.15, -0.1) is 0 Å². The summed E-state index contributed by atoms with van der Waals surface area (Å²) in [5.74, 6) is -1.02. The van der Waals surface area contributed by atoms with Gasteiger partial charge < -0.3 is 29.0 Å². The number of benzene rings is 2. The summed E-state index contributed by atoms with van der Waals surface area (Å²) in [5.41, 5.74) is 1.41. The zero-order valence-electron chi connectivity index (χ0n) is 18.2.